The van der Waals surface area contributed by atoms with Crippen molar-refractivity contribution in [2.24, 2.45) is 0 Å². The molecule has 15 heavy (non-hydrogen) atoms. The molecule has 4 heteroatoms. The number of nitrogens with one attached hydrogen (secondary N) is 1. The molecule has 2 nitrogen and oxygen atoms in total. The summed E-state index contributed by atoms with van der Waals surface area (Å²) in [5, 5.41) is 2.85. The summed E-state index contributed by atoms with van der Waals surface area (Å²) >= 11 is 5.77. The van der Waals surface area contributed by atoms with Crippen LogP contribution in [0.2, 0.25) is 5.02 Å². The second-order valence-electron chi connectivity index (χ2n) is 2.86. The summed E-state index contributed by atoms with van der Waals surface area (Å²) in [6.07, 6.45) is 2.62. The van der Waals surface area contributed by atoms with Gasteiger partial charge < -0.3 is 5.32 Å². The van der Waals surface area contributed by atoms with Crippen molar-refractivity contribution in [1.82, 2.24) is 5.32 Å². The highest BCUT2D eigenvalue weighted by Crippen LogP contribution is 2.19. The summed E-state index contributed by atoms with van der Waals surface area (Å²) < 4.78 is 13.2. The van der Waals surface area contributed by atoms with Crippen LogP contribution in [-0.2, 0) is 4.79 Å². The van der Waals surface area contributed by atoms with E-state index < -0.39 is 5.82 Å². The van der Waals surface area contributed by atoms with Crippen LogP contribution in [0.25, 0.3) is 6.08 Å². The van der Waals surface area contributed by atoms with Gasteiger partial charge >= 0.3 is 0 Å². The lowest BCUT2D eigenvalue weighted by molar-refractivity contribution is -0.116. The third-order valence-corrected chi connectivity index (χ3v) is 2.08. The molecule has 0 saturated heterocycles. The molecule has 80 valence electrons. The fraction of sp³-hybridized carbons (Fsp3) is 0.182. The molecule has 0 atom stereocenters. The predicted octanol–water partition coefficient (Wildman–Crippen LogP) is 2.63. The minimum atomic E-state index is -0.442. The Labute approximate surface area is 92.7 Å². The zero-order chi connectivity index (χ0) is 11.3. The second kappa shape index (κ2) is 5.51. The maximum absolute atomic E-state index is 13.2. The predicted molar refractivity (Wildman–Crippen MR) is 59.1 cm³/mol. The number of hydrogen-bond acceptors (Lipinski definition) is 1. The topological polar surface area (TPSA) is 29.1 Å². The largest absolute Gasteiger partial charge is 0.353 e. The SMILES string of the molecule is CCNC(=O)C=Cc1c(F)cccc1Cl. The first-order chi connectivity index (χ1) is 7.15. The van der Waals surface area contributed by atoms with Gasteiger partial charge in [0, 0.05) is 18.2 Å². The molecule has 1 rings (SSSR count). The number of halogens is 2. The number of hydrogen-bond donors (Lipinski definition) is 1. The molecule has 0 aromatic heterocycles. The van der Waals surface area contributed by atoms with Crippen LogP contribution in [0.5, 0.6) is 0 Å². The van der Waals surface area contributed by atoms with Crippen LogP contribution < -0.4 is 5.32 Å². The first-order valence-electron chi connectivity index (χ1n) is 4.55. The minimum absolute atomic E-state index is 0.227. The molecule has 0 heterocycles. The Morgan fingerprint density at radius 3 is 2.93 bits per heavy atom. The van der Waals surface area contributed by atoms with Crippen LogP contribution >= 0.6 is 11.6 Å². The van der Waals surface area contributed by atoms with Gasteiger partial charge in [0.15, 0.2) is 0 Å². The second-order valence-corrected chi connectivity index (χ2v) is 3.27. The Hall–Kier alpha value is -1.35. The van der Waals surface area contributed by atoms with Crippen molar-refractivity contribution in [3.63, 3.8) is 0 Å². The fourth-order valence-electron chi connectivity index (χ4n) is 1.06. The Kier molecular flexibility index (Phi) is 4.31. The highest BCUT2D eigenvalue weighted by molar-refractivity contribution is 6.32. The third kappa shape index (κ3) is 3.36. The Morgan fingerprint density at radius 1 is 1.60 bits per heavy atom. The Bertz CT molecular complexity index is 370. The molecule has 0 bridgehead atoms. The molecule has 0 aliphatic heterocycles. The fourth-order valence-corrected chi connectivity index (χ4v) is 1.29. The molecule has 0 saturated carbocycles. The number of amides is 1. The van der Waals surface area contributed by atoms with E-state index in [4.69, 9.17) is 11.6 Å². The molecule has 0 aliphatic carbocycles. The zero-order valence-corrected chi connectivity index (χ0v) is 9.01. The Balaban J connectivity index is 2.84. The van der Waals surface area contributed by atoms with Crippen molar-refractivity contribution in [2.75, 3.05) is 6.54 Å². The van der Waals surface area contributed by atoms with Gasteiger partial charge in [-0.1, -0.05) is 17.7 Å². The van der Waals surface area contributed by atoms with Crippen LogP contribution in [-0.4, -0.2) is 12.5 Å². The molecule has 1 N–H and O–H groups in total. The van der Waals surface area contributed by atoms with Gasteiger partial charge in [0.25, 0.3) is 0 Å². The summed E-state index contributed by atoms with van der Waals surface area (Å²) in [7, 11) is 0. The average molecular weight is 228 g/mol. The van der Waals surface area contributed by atoms with Gasteiger partial charge in [-0.05, 0) is 25.1 Å². The minimum Gasteiger partial charge on any atom is -0.353 e. The van der Waals surface area contributed by atoms with Crippen LogP contribution in [0.15, 0.2) is 24.3 Å². The van der Waals surface area contributed by atoms with Crippen molar-refractivity contribution >= 4 is 23.6 Å². The van der Waals surface area contributed by atoms with Gasteiger partial charge in [-0.3, -0.25) is 4.79 Å². The van der Waals surface area contributed by atoms with E-state index in [0.717, 1.165) is 0 Å². The van der Waals surface area contributed by atoms with Crippen molar-refractivity contribution in [2.45, 2.75) is 6.92 Å². The van der Waals surface area contributed by atoms with Gasteiger partial charge in [0.05, 0.1) is 5.02 Å². The van der Waals surface area contributed by atoms with E-state index in [2.05, 4.69) is 5.32 Å². The number of benzene rings is 1. The zero-order valence-electron chi connectivity index (χ0n) is 8.26. The molecule has 0 unspecified atom stereocenters. The summed E-state index contributed by atoms with van der Waals surface area (Å²) in [5.41, 5.74) is 0.227. The maximum Gasteiger partial charge on any atom is 0.243 e. The van der Waals surface area contributed by atoms with Gasteiger partial charge in [0.2, 0.25) is 5.91 Å². The summed E-state index contributed by atoms with van der Waals surface area (Å²) in [4.78, 5) is 11.1. The quantitative estimate of drug-likeness (QED) is 0.791. The monoisotopic (exact) mass is 227 g/mol. The van der Waals surface area contributed by atoms with E-state index in [9.17, 15) is 9.18 Å². The summed E-state index contributed by atoms with van der Waals surface area (Å²) in [5.74, 6) is -0.708. The maximum atomic E-state index is 13.2. The van der Waals surface area contributed by atoms with E-state index in [1.165, 1.54) is 24.3 Å². The van der Waals surface area contributed by atoms with E-state index >= 15 is 0 Å². The highest BCUT2D eigenvalue weighted by atomic mass is 35.5. The van der Waals surface area contributed by atoms with E-state index in [1.54, 1.807) is 6.07 Å². The summed E-state index contributed by atoms with van der Waals surface area (Å²) in [6, 6.07) is 4.38. The molecule has 0 radical (unpaired) electrons. The normalized spacial score (nSPS) is 10.6. The molecular weight excluding hydrogens is 217 g/mol. The Morgan fingerprint density at radius 2 is 2.33 bits per heavy atom. The first-order valence-corrected chi connectivity index (χ1v) is 4.93. The van der Waals surface area contributed by atoms with Crippen LogP contribution in [0, 0.1) is 5.82 Å². The van der Waals surface area contributed by atoms with Crippen molar-refractivity contribution in [3.8, 4) is 0 Å². The van der Waals surface area contributed by atoms with Gasteiger partial charge in [0.1, 0.15) is 5.82 Å². The lowest BCUT2D eigenvalue weighted by Crippen LogP contribution is -2.19. The highest BCUT2D eigenvalue weighted by Gasteiger charge is 2.03. The lowest BCUT2D eigenvalue weighted by atomic mass is 10.2. The molecule has 0 fully saturated rings. The smallest absolute Gasteiger partial charge is 0.243 e. The standard InChI is InChI=1S/C11H11ClFNO/c1-2-14-11(15)7-6-8-9(12)4-3-5-10(8)13/h3-7H,2H2,1H3,(H,14,15). The molecule has 1 aromatic carbocycles. The van der Waals surface area contributed by atoms with Gasteiger partial charge in [-0.15, -0.1) is 0 Å². The third-order valence-electron chi connectivity index (χ3n) is 1.75. The molecule has 1 aromatic rings. The van der Waals surface area contributed by atoms with Gasteiger partial charge in [-0.25, -0.2) is 4.39 Å². The summed E-state index contributed by atoms with van der Waals surface area (Å²) in [6.45, 7) is 2.34. The molecule has 1 amide bonds. The molecule has 0 aliphatic rings. The van der Waals surface area contributed by atoms with Crippen LogP contribution in [0.1, 0.15) is 12.5 Å². The first kappa shape index (κ1) is 11.7. The van der Waals surface area contributed by atoms with Crippen LogP contribution in [0.3, 0.4) is 0 Å². The lowest BCUT2D eigenvalue weighted by Gasteiger charge is -1.99. The van der Waals surface area contributed by atoms with E-state index in [0.29, 0.717) is 6.54 Å². The van der Waals surface area contributed by atoms with Crippen molar-refractivity contribution in [3.05, 3.63) is 40.7 Å². The number of carbonyl (C=O) groups excluding carboxylic acids is 1. The molecular formula is C11H11ClFNO. The molecule has 0 spiro atoms. The van der Waals surface area contributed by atoms with Gasteiger partial charge in [-0.2, -0.15) is 0 Å². The number of rotatable bonds is 3. The van der Waals surface area contributed by atoms with Crippen molar-refractivity contribution in [1.29, 1.82) is 0 Å². The number of likely N-dealkylation sites (N-methyl/N-ethyl adjacent to an activating group) is 1. The van der Waals surface area contributed by atoms with Crippen molar-refractivity contribution < 1.29 is 9.18 Å². The number of carbonyl (C=O) groups is 1. The van der Waals surface area contributed by atoms with Crippen LogP contribution in [0.4, 0.5) is 4.39 Å². The van der Waals surface area contributed by atoms with E-state index in [-0.39, 0.29) is 16.5 Å². The average Bonchev–Trinajstić information content (AvgIpc) is 2.17. The van der Waals surface area contributed by atoms with E-state index in [1.807, 2.05) is 6.92 Å².